The van der Waals surface area contributed by atoms with Crippen molar-refractivity contribution in [2.24, 2.45) is 5.92 Å². The third-order valence-electron chi connectivity index (χ3n) is 3.64. The second-order valence-electron chi connectivity index (χ2n) is 4.99. The Labute approximate surface area is 110 Å². The van der Waals surface area contributed by atoms with Crippen molar-refractivity contribution in [3.05, 3.63) is 27.6 Å². The summed E-state index contributed by atoms with van der Waals surface area (Å²) in [6, 6.07) is 0. The Balaban J connectivity index is 1.92. The van der Waals surface area contributed by atoms with E-state index >= 15 is 0 Å². The Kier molecular flexibility index (Phi) is 3.18. The van der Waals surface area contributed by atoms with Gasteiger partial charge in [-0.05, 0) is 49.7 Å². The van der Waals surface area contributed by atoms with Gasteiger partial charge in [-0.2, -0.15) is 0 Å². The van der Waals surface area contributed by atoms with Crippen molar-refractivity contribution in [3.8, 4) is 0 Å². The van der Waals surface area contributed by atoms with E-state index in [0.717, 1.165) is 48.3 Å². The standard InChI is InChI=1S/C13H17N3OS/c1-9-7-18-12-11(9)15-8-16(13(12)17)6-10-2-4-14-5-3-10/h7-8,10,14H,2-6H2,1H3. The van der Waals surface area contributed by atoms with Gasteiger partial charge in [0.15, 0.2) is 0 Å². The third-order valence-corrected chi connectivity index (χ3v) is 4.71. The Morgan fingerprint density at radius 1 is 1.50 bits per heavy atom. The van der Waals surface area contributed by atoms with Gasteiger partial charge in [0.2, 0.25) is 0 Å². The van der Waals surface area contributed by atoms with Crippen LogP contribution in [0, 0.1) is 12.8 Å². The number of rotatable bonds is 2. The first kappa shape index (κ1) is 11.9. The van der Waals surface area contributed by atoms with Gasteiger partial charge in [-0.15, -0.1) is 11.3 Å². The van der Waals surface area contributed by atoms with Crippen molar-refractivity contribution in [1.29, 1.82) is 0 Å². The molecule has 3 heterocycles. The van der Waals surface area contributed by atoms with E-state index in [2.05, 4.69) is 10.3 Å². The van der Waals surface area contributed by atoms with Crippen LogP contribution in [0.1, 0.15) is 18.4 Å². The fourth-order valence-corrected chi connectivity index (χ4v) is 3.48. The summed E-state index contributed by atoms with van der Waals surface area (Å²) in [5, 5.41) is 5.35. The summed E-state index contributed by atoms with van der Waals surface area (Å²) in [7, 11) is 0. The minimum atomic E-state index is 0.122. The summed E-state index contributed by atoms with van der Waals surface area (Å²) in [6.07, 6.45) is 4.01. The van der Waals surface area contributed by atoms with Crippen LogP contribution in [0.3, 0.4) is 0 Å². The molecule has 0 atom stereocenters. The summed E-state index contributed by atoms with van der Waals surface area (Å²) >= 11 is 1.51. The largest absolute Gasteiger partial charge is 0.317 e. The van der Waals surface area contributed by atoms with Crippen molar-refractivity contribution >= 4 is 21.6 Å². The average molecular weight is 263 g/mol. The number of aryl methyl sites for hydroxylation is 1. The predicted molar refractivity (Wildman–Crippen MR) is 74.2 cm³/mol. The van der Waals surface area contributed by atoms with Gasteiger partial charge in [-0.3, -0.25) is 9.36 Å². The Morgan fingerprint density at radius 3 is 3.06 bits per heavy atom. The fourth-order valence-electron chi connectivity index (χ4n) is 2.53. The number of aromatic nitrogens is 2. The molecule has 1 fully saturated rings. The number of nitrogens with one attached hydrogen (secondary N) is 1. The smallest absolute Gasteiger partial charge is 0.271 e. The van der Waals surface area contributed by atoms with Gasteiger partial charge >= 0.3 is 0 Å². The SMILES string of the molecule is Cc1csc2c(=O)n(CC3CCNCC3)cnc12. The lowest BCUT2D eigenvalue weighted by Gasteiger charge is -2.22. The molecule has 3 rings (SSSR count). The molecule has 0 spiro atoms. The monoisotopic (exact) mass is 263 g/mol. The number of hydrogen-bond donors (Lipinski definition) is 1. The molecule has 2 aromatic heterocycles. The summed E-state index contributed by atoms with van der Waals surface area (Å²) in [5.74, 6) is 0.601. The van der Waals surface area contributed by atoms with Gasteiger partial charge in [0.25, 0.3) is 5.56 Å². The maximum atomic E-state index is 12.3. The van der Waals surface area contributed by atoms with E-state index in [4.69, 9.17) is 0 Å². The third kappa shape index (κ3) is 2.08. The van der Waals surface area contributed by atoms with Crippen LogP contribution in [-0.4, -0.2) is 22.6 Å². The molecular weight excluding hydrogens is 246 g/mol. The van der Waals surface area contributed by atoms with Gasteiger partial charge in [0.05, 0.1) is 11.8 Å². The molecule has 1 aliphatic heterocycles. The fraction of sp³-hybridized carbons (Fsp3) is 0.538. The minimum absolute atomic E-state index is 0.122. The van der Waals surface area contributed by atoms with Crippen LogP contribution in [0.2, 0.25) is 0 Å². The van der Waals surface area contributed by atoms with Crippen LogP contribution < -0.4 is 10.9 Å². The first-order valence-electron chi connectivity index (χ1n) is 6.39. The maximum absolute atomic E-state index is 12.3. The minimum Gasteiger partial charge on any atom is -0.317 e. The van der Waals surface area contributed by atoms with Gasteiger partial charge < -0.3 is 5.32 Å². The second-order valence-corrected chi connectivity index (χ2v) is 5.87. The molecule has 96 valence electrons. The van der Waals surface area contributed by atoms with Crippen molar-refractivity contribution in [2.75, 3.05) is 13.1 Å². The average Bonchev–Trinajstić information content (AvgIpc) is 2.77. The van der Waals surface area contributed by atoms with Crippen LogP contribution in [0.5, 0.6) is 0 Å². The Bertz CT molecular complexity index is 610. The zero-order valence-electron chi connectivity index (χ0n) is 10.5. The molecule has 0 unspecified atom stereocenters. The molecule has 0 radical (unpaired) electrons. The van der Waals surface area contributed by atoms with E-state index in [1.807, 2.05) is 12.3 Å². The number of hydrogen-bond acceptors (Lipinski definition) is 4. The van der Waals surface area contributed by atoms with E-state index in [-0.39, 0.29) is 5.56 Å². The number of fused-ring (bicyclic) bond motifs is 1. The summed E-state index contributed by atoms with van der Waals surface area (Å²) < 4.78 is 2.58. The highest BCUT2D eigenvalue weighted by Crippen LogP contribution is 2.20. The molecule has 0 saturated carbocycles. The second kappa shape index (κ2) is 4.82. The van der Waals surface area contributed by atoms with Crippen LogP contribution in [0.25, 0.3) is 10.2 Å². The number of piperidine rings is 1. The van der Waals surface area contributed by atoms with E-state index in [1.165, 1.54) is 11.3 Å². The van der Waals surface area contributed by atoms with Crippen LogP contribution >= 0.6 is 11.3 Å². The topological polar surface area (TPSA) is 46.9 Å². The number of nitrogens with zero attached hydrogens (tertiary/aromatic N) is 2. The number of thiophene rings is 1. The van der Waals surface area contributed by atoms with Gasteiger partial charge in [-0.25, -0.2) is 4.98 Å². The van der Waals surface area contributed by atoms with E-state index in [1.54, 1.807) is 10.9 Å². The van der Waals surface area contributed by atoms with Gasteiger partial charge in [0.1, 0.15) is 4.70 Å². The first-order valence-corrected chi connectivity index (χ1v) is 7.27. The quantitative estimate of drug-likeness (QED) is 0.898. The summed E-state index contributed by atoms with van der Waals surface area (Å²) in [5.41, 5.74) is 2.09. The molecule has 0 aliphatic carbocycles. The molecule has 0 aromatic carbocycles. The highest BCUT2D eigenvalue weighted by atomic mass is 32.1. The molecular formula is C13H17N3OS. The van der Waals surface area contributed by atoms with Crippen molar-refractivity contribution in [1.82, 2.24) is 14.9 Å². The highest BCUT2D eigenvalue weighted by molar-refractivity contribution is 7.17. The van der Waals surface area contributed by atoms with Crippen LogP contribution in [0.15, 0.2) is 16.5 Å². The molecule has 5 heteroatoms. The summed E-state index contributed by atoms with van der Waals surface area (Å²) in [6.45, 7) is 4.93. The Hall–Kier alpha value is -1.20. The lowest BCUT2D eigenvalue weighted by atomic mass is 9.98. The maximum Gasteiger partial charge on any atom is 0.271 e. The van der Waals surface area contributed by atoms with E-state index < -0.39 is 0 Å². The molecule has 0 bridgehead atoms. The van der Waals surface area contributed by atoms with Crippen LogP contribution in [-0.2, 0) is 6.54 Å². The van der Waals surface area contributed by atoms with Crippen molar-refractivity contribution in [3.63, 3.8) is 0 Å². The van der Waals surface area contributed by atoms with Crippen molar-refractivity contribution in [2.45, 2.75) is 26.3 Å². The van der Waals surface area contributed by atoms with Crippen LogP contribution in [0.4, 0.5) is 0 Å². The Morgan fingerprint density at radius 2 is 2.28 bits per heavy atom. The predicted octanol–water partition coefficient (Wildman–Crippen LogP) is 1.77. The normalized spacial score (nSPS) is 17.4. The molecule has 18 heavy (non-hydrogen) atoms. The molecule has 0 amide bonds. The lowest BCUT2D eigenvalue weighted by molar-refractivity contribution is 0.329. The van der Waals surface area contributed by atoms with E-state index in [0.29, 0.717) is 5.92 Å². The van der Waals surface area contributed by atoms with Gasteiger partial charge in [0, 0.05) is 6.54 Å². The van der Waals surface area contributed by atoms with Gasteiger partial charge in [-0.1, -0.05) is 0 Å². The first-order chi connectivity index (χ1) is 8.75. The molecule has 1 aliphatic rings. The van der Waals surface area contributed by atoms with E-state index in [9.17, 15) is 4.79 Å². The zero-order valence-corrected chi connectivity index (χ0v) is 11.3. The van der Waals surface area contributed by atoms with Crippen molar-refractivity contribution < 1.29 is 0 Å². The molecule has 2 aromatic rings. The molecule has 4 nitrogen and oxygen atoms in total. The lowest BCUT2D eigenvalue weighted by Crippen LogP contribution is -2.32. The summed E-state index contributed by atoms with van der Waals surface area (Å²) in [4.78, 5) is 16.8. The highest BCUT2D eigenvalue weighted by Gasteiger charge is 2.15. The molecule has 1 saturated heterocycles. The molecule has 1 N–H and O–H groups in total. The zero-order chi connectivity index (χ0) is 12.5.